The van der Waals surface area contributed by atoms with Gasteiger partial charge in [0, 0.05) is 30.6 Å². The number of hydrogen-bond donors (Lipinski definition) is 1. The first-order valence-corrected chi connectivity index (χ1v) is 6.26. The van der Waals surface area contributed by atoms with Crippen molar-refractivity contribution in [1.29, 1.82) is 0 Å². The first-order chi connectivity index (χ1) is 8.65. The Morgan fingerprint density at radius 1 is 1.44 bits per heavy atom. The van der Waals surface area contributed by atoms with Crippen LogP contribution in [0.25, 0.3) is 0 Å². The van der Waals surface area contributed by atoms with Gasteiger partial charge in [0.1, 0.15) is 5.75 Å². The summed E-state index contributed by atoms with van der Waals surface area (Å²) in [4.78, 5) is 10.1. The van der Waals surface area contributed by atoms with Gasteiger partial charge in [0.25, 0.3) is 5.69 Å². The Bertz CT molecular complexity index is 401. The second-order valence-corrected chi connectivity index (χ2v) is 4.85. The average molecular weight is 250 g/mol. The summed E-state index contributed by atoms with van der Waals surface area (Å²) in [7, 11) is 0. The van der Waals surface area contributed by atoms with E-state index in [-0.39, 0.29) is 5.69 Å². The summed E-state index contributed by atoms with van der Waals surface area (Å²) < 4.78 is 5.59. The second-order valence-electron chi connectivity index (χ2n) is 4.85. The van der Waals surface area contributed by atoms with E-state index in [0.717, 1.165) is 6.54 Å². The molecule has 0 saturated heterocycles. The summed E-state index contributed by atoms with van der Waals surface area (Å²) in [6.07, 6.45) is 2.58. The molecule has 0 heterocycles. The van der Waals surface area contributed by atoms with Crippen LogP contribution in [0.1, 0.15) is 19.8 Å². The van der Waals surface area contributed by atoms with Gasteiger partial charge in [-0.15, -0.1) is 0 Å². The van der Waals surface area contributed by atoms with Gasteiger partial charge in [-0.3, -0.25) is 10.1 Å². The highest BCUT2D eigenvalue weighted by molar-refractivity contribution is 5.35. The van der Waals surface area contributed by atoms with E-state index in [4.69, 9.17) is 4.74 Å². The lowest BCUT2D eigenvalue weighted by Crippen LogP contribution is -2.26. The van der Waals surface area contributed by atoms with Gasteiger partial charge in [-0.2, -0.15) is 0 Å². The molecule has 1 N–H and O–H groups in total. The van der Waals surface area contributed by atoms with E-state index in [1.165, 1.54) is 25.0 Å². The molecule has 0 aromatic heterocycles. The van der Waals surface area contributed by atoms with E-state index in [1.54, 1.807) is 12.1 Å². The third-order valence-electron chi connectivity index (χ3n) is 2.91. The average Bonchev–Trinajstić information content (AvgIpc) is 3.18. The Hall–Kier alpha value is -1.62. The van der Waals surface area contributed by atoms with Gasteiger partial charge in [0.2, 0.25) is 0 Å². The van der Waals surface area contributed by atoms with Crippen LogP contribution >= 0.6 is 0 Å². The molecular formula is C13H18N2O3. The molecule has 1 atom stereocenters. The Morgan fingerprint density at radius 3 is 2.67 bits per heavy atom. The highest BCUT2D eigenvalue weighted by atomic mass is 16.6. The predicted octanol–water partition coefficient (Wildman–Crippen LogP) is 2.36. The third-order valence-corrected chi connectivity index (χ3v) is 2.91. The monoisotopic (exact) mass is 250 g/mol. The minimum atomic E-state index is -0.411. The maximum atomic E-state index is 10.5. The molecular weight excluding hydrogens is 232 g/mol. The largest absolute Gasteiger partial charge is 0.493 e. The zero-order valence-electron chi connectivity index (χ0n) is 10.5. The highest BCUT2D eigenvalue weighted by Gasteiger charge is 2.20. The maximum absolute atomic E-state index is 10.5. The molecule has 1 saturated carbocycles. The van der Waals surface area contributed by atoms with E-state index in [1.807, 2.05) is 0 Å². The molecule has 0 radical (unpaired) electrons. The molecule has 5 heteroatoms. The molecule has 0 spiro atoms. The molecule has 1 aromatic carbocycles. The molecule has 2 rings (SSSR count). The number of ether oxygens (including phenoxy) is 1. The number of benzene rings is 1. The number of nitrogens with zero attached hydrogens (tertiary/aromatic N) is 1. The lowest BCUT2D eigenvalue weighted by Gasteiger charge is -2.13. The van der Waals surface area contributed by atoms with Gasteiger partial charge in [0.05, 0.1) is 11.5 Å². The maximum Gasteiger partial charge on any atom is 0.269 e. The quantitative estimate of drug-likeness (QED) is 0.596. The lowest BCUT2D eigenvalue weighted by molar-refractivity contribution is -0.384. The van der Waals surface area contributed by atoms with Crippen LogP contribution in [-0.4, -0.2) is 24.1 Å². The Morgan fingerprint density at radius 2 is 2.11 bits per heavy atom. The van der Waals surface area contributed by atoms with Crippen molar-refractivity contribution in [2.24, 2.45) is 5.92 Å². The number of rotatable bonds is 7. The Kier molecular flexibility index (Phi) is 4.15. The Balaban J connectivity index is 1.72. The van der Waals surface area contributed by atoms with Crippen molar-refractivity contribution in [2.75, 3.05) is 13.2 Å². The van der Waals surface area contributed by atoms with Crippen LogP contribution in [0.3, 0.4) is 0 Å². The van der Waals surface area contributed by atoms with Crippen LogP contribution in [-0.2, 0) is 0 Å². The van der Waals surface area contributed by atoms with Crippen molar-refractivity contribution in [3.8, 4) is 5.75 Å². The molecule has 0 amide bonds. The second kappa shape index (κ2) is 5.82. The SMILES string of the molecule is CC(CNC1CC1)COc1ccc([N+](=O)[O-])cc1. The topological polar surface area (TPSA) is 64.4 Å². The molecule has 0 aliphatic heterocycles. The zero-order valence-corrected chi connectivity index (χ0v) is 10.5. The molecule has 5 nitrogen and oxygen atoms in total. The van der Waals surface area contributed by atoms with Crippen LogP contribution in [0.2, 0.25) is 0 Å². The number of nitro benzene ring substituents is 1. The minimum Gasteiger partial charge on any atom is -0.493 e. The van der Waals surface area contributed by atoms with Crippen LogP contribution in [0, 0.1) is 16.0 Å². The summed E-state index contributed by atoms with van der Waals surface area (Å²) in [5, 5.41) is 13.9. The van der Waals surface area contributed by atoms with Gasteiger partial charge in [-0.1, -0.05) is 6.92 Å². The third kappa shape index (κ3) is 4.00. The lowest BCUT2D eigenvalue weighted by atomic mass is 10.2. The minimum absolute atomic E-state index is 0.0887. The fourth-order valence-electron chi connectivity index (χ4n) is 1.62. The van der Waals surface area contributed by atoms with E-state index in [0.29, 0.717) is 24.3 Å². The molecule has 1 aromatic rings. The number of non-ortho nitro benzene ring substituents is 1. The molecule has 18 heavy (non-hydrogen) atoms. The van der Waals surface area contributed by atoms with Crippen molar-refractivity contribution in [1.82, 2.24) is 5.32 Å². The standard InChI is InChI=1S/C13H18N2O3/c1-10(8-14-11-2-3-11)9-18-13-6-4-12(5-7-13)15(16)17/h4-7,10-11,14H,2-3,8-9H2,1H3. The van der Waals surface area contributed by atoms with Gasteiger partial charge in [-0.05, 0) is 25.0 Å². The van der Waals surface area contributed by atoms with E-state index in [9.17, 15) is 10.1 Å². The fraction of sp³-hybridized carbons (Fsp3) is 0.538. The van der Waals surface area contributed by atoms with Crippen molar-refractivity contribution in [2.45, 2.75) is 25.8 Å². The molecule has 1 aliphatic rings. The molecule has 98 valence electrons. The fourth-order valence-corrected chi connectivity index (χ4v) is 1.62. The predicted molar refractivity (Wildman–Crippen MR) is 68.8 cm³/mol. The number of nitro groups is 1. The normalized spacial score (nSPS) is 16.3. The van der Waals surface area contributed by atoms with Crippen molar-refractivity contribution in [3.05, 3.63) is 34.4 Å². The summed E-state index contributed by atoms with van der Waals surface area (Å²) >= 11 is 0. The van der Waals surface area contributed by atoms with E-state index in [2.05, 4.69) is 12.2 Å². The summed E-state index contributed by atoms with van der Waals surface area (Å²) in [6.45, 7) is 3.70. The van der Waals surface area contributed by atoms with Crippen LogP contribution < -0.4 is 10.1 Å². The molecule has 1 aliphatic carbocycles. The van der Waals surface area contributed by atoms with Crippen molar-refractivity contribution >= 4 is 5.69 Å². The smallest absolute Gasteiger partial charge is 0.269 e. The van der Waals surface area contributed by atoms with E-state index >= 15 is 0 Å². The zero-order chi connectivity index (χ0) is 13.0. The van der Waals surface area contributed by atoms with Crippen LogP contribution in [0.5, 0.6) is 5.75 Å². The van der Waals surface area contributed by atoms with Crippen molar-refractivity contribution in [3.63, 3.8) is 0 Å². The molecule has 0 bridgehead atoms. The van der Waals surface area contributed by atoms with Crippen molar-refractivity contribution < 1.29 is 9.66 Å². The Labute approximate surface area is 106 Å². The van der Waals surface area contributed by atoms with Crippen LogP contribution in [0.4, 0.5) is 5.69 Å². The summed E-state index contributed by atoms with van der Waals surface area (Å²) in [6, 6.07) is 6.91. The first kappa shape index (κ1) is 12.8. The number of hydrogen-bond acceptors (Lipinski definition) is 4. The van der Waals surface area contributed by atoms with Gasteiger partial charge in [0.15, 0.2) is 0 Å². The molecule has 1 unspecified atom stereocenters. The number of nitrogens with one attached hydrogen (secondary N) is 1. The van der Waals surface area contributed by atoms with Gasteiger partial charge < -0.3 is 10.1 Å². The molecule has 1 fully saturated rings. The summed E-state index contributed by atoms with van der Waals surface area (Å²) in [5.74, 6) is 1.11. The van der Waals surface area contributed by atoms with Gasteiger partial charge in [-0.25, -0.2) is 0 Å². The summed E-state index contributed by atoms with van der Waals surface area (Å²) in [5.41, 5.74) is 0.0887. The van der Waals surface area contributed by atoms with E-state index < -0.39 is 4.92 Å². The van der Waals surface area contributed by atoms with Crippen LogP contribution in [0.15, 0.2) is 24.3 Å². The van der Waals surface area contributed by atoms with Gasteiger partial charge >= 0.3 is 0 Å². The first-order valence-electron chi connectivity index (χ1n) is 6.26. The highest BCUT2D eigenvalue weighted by Crippen LogP contribution is 2.20.